The van der Waals surface area contributed by atoms with Gasteiger partial charge in [0.25, 0.3) is 0 Å². The molecule has 0 saturated carbocycles. The van der Waals surface area contributed by atoms with E-state index in [0.29, 0.717) is 0 Å². The van der Waals surface area contributed by atoms with Gasteiger partial charge < -0.3 is 9.47 Å². The van der Waals surface area contributed by atoms with Crippen molar-refractivity contribution in [2.75, 3.05) is 4.90 Å². The Morgan fingerprint density at radius 1 is 0.313 bits per heavy atom. The van der Waals surface area contributed by atoms with Gasteiger partial charge in [-0.1, -0.05) is 194 Å². The lowest BCUT2D eigenvalue weighted by Gasteiger charge is -2.29. The molecule has 2 heterocycles. The molecule has 13 aromatic rings. The number of para-hydroxylation sites is 3. The maximum Gasteiger partial charge on any atom is 0.0541 e. The van der Waals surface area contributed by atoms with Crippen molar-refractivity contribution in [2.45, 2.75) is 0 Å². The molecule has 13 rings (SSSR count). The summed E-state index contributed by atoms with van der Waals surface area (Å²) >= 11 is 1.89. The van der Waals surface area contributed by atoms with Crippen LogP contribution in [0.25, 0.3) is 103 Å². The van der Waals surface area contributed by atoms with Crippen molar-refractivity contribution in [3.8, 4) is 50.2 Å². The molecule has 0 aliphatic heterocycles. The van der Waals surface area contributed by atoms with E-state index in [0.717, 1.165) is 39.4 Å². The van der Waals surface area contributed by atoms with Gasteiger partial charge in [0.15, 0.2) is 0 Å². The van der Waals surface area contributed by atoms with Crippen molar-refractivity contribution in [3.63, 3.8) is 0 Å². The summed E-state index contributed by atoms with van der Waals surface area (Å²) in [5.41, 5.74) is 16.3. The van der Waals surface area contributed by atoms with Crippen molar-refractivity contribution in [1.82, 2.24) is 4.57 Å². The maximum absolute atomic E-state index is 2.42. The van der Waals surface area contributed by atoms with Crippen LogP contribution >= 0.6 is 11.3 Å². The number of thiophene rings is 1. The molecule has 0 amide bonds. The molecule has 0 atom stereocenters. The van der Waals surface area contributed by atoms with Gasteiger partial charge in [0, 0.05) is 53.4 Å². The van der Waals surface area contributed by atoms with Crippen molar-refractivity contribution in [2.24, 2.45) is 0 Å². The summed E-state index contributed by atoms with van der Waals surface area (Å²) in [6.45, 7) is 0. The van der Waals surface area contributed by atoms with E-state index in [4.69, 9.17) is 0 Å². The van der Waals surface area contributed by atoms with E-state index >= 15 is 0 Å². The van der Waals surface area contributed by atoms with Gasteiger partial charge in [-0.25, -0.2) is 0 Å². The number of aromatic nitrogens is 1. The standard InChI is InChI=1S/C64H42N2S/c1-3-15-43(16-4-1)48-33-40-62(58(41-48)45-17-5-2-6-18-45)65(50-34-27-44(28-35-50)49-32-38-56-57-39-31-46-19-7-8-21-53(46)64(57)67-63(56)42-49)51-36-29-47(30-37-51)52-20-9-12-24-59(52)66-60-25-13-10-22-54(60)55-23-11-14-26-61(55)66/h1-42H. The number of anilines is 3. The first-order chi connectivity index (χ1) is 33.2. The monoisotopic (exact) mass is 870 g/mol. The highest BCUT2D eigenvalue weighted by atomic mass is 32.1. The second-order valence-electron chi connectivity index (χ2n) is 17.3. The summed E-state index contributed by atoms with van der Waals surface area (Å²) in [4.78, 5) is 2.42. The molecular weight excluding hydrogens is 829 g/mol. The van der Waals surface area contributed by atoms with Crippen LogP contribution < -0.4 is 4.90 Å². The molecule has 0 bridgehead atoms. The van der Waals surface area contributed by atoms with Gasteiger partial charge in [0.1, 0.15) is 0 Å². The first kappa shape index (κ1) is 38.9. The zero-order valence-corrected chi connectivity index (χ0v) is 37.4. The highest BCUT2D eigenvalue weighted by Gasteiger charge is 2.21. The molecule has 0 aliphatic carbocycles. The number of rotatable bonds is 8. The first-order valence-electron chi connectivity index (χ1n) is 22.9. The Morgan fingerprint density at radius 2 is 0.821 bits per heavy atom. The van der Waals surface area contributed by atoms with Crippen molar-refractivity contribution < 1.29 is 0 Å². The fraction of sp³-hybridized carbons (Fsp3) is 0. The van der Waals surface area contributed by atoms with Crippen LogP contribution in [0, 0.1) is 0 Å². The summed E-state index contributed by atoms with van der Waals surface area (Å²) in [5, 5.41) is 7.75. The third-order valence-corrected chi connectivity index (χ3v) is 14.6. The normalized spacial score (nSPS) is 11.6. The van der Waals surface area contributed by atoms with Gasteiger partial charge in [-0.2, -0.15) is 0 Å². The molecule has 0 saturated heterocycles. The lowest BCUT2D eigenvalue weighted by molar-refractivity contribution is 1.18. The predicted octanol–water partition coefficient (Wildman–Crippen LogP) is 18.4. The number of hydrogen-bond acceptors (Lipinski definition) is 2. The van der Waals surface area contributed by atoms with E-state index in [1.165, 1.54) is 80.6 Å². The maximum atomic E-state index is 2.42. The van der Waals surface area contributed by atoms with Crippen LogP contribution in [0.1, 0.15) is 0 Å². The number of fused-ring (bicyclic) bond motifs is 8. The zero-order chi connectivity index (χ0) is 44.3. The highest BCUT2D eigenvalue weighted by molar-refractivity contribution is 7.26. The van der Waals surface area contributed by atoms with Crippen molar-refractivity contribution >= 4 is 81.1 Å². The molecule has 2 nitrogen and oxygen atoms in total. The molecule has 0 aliphatic rings. The minimum absolute atomic E-state index is 1.08. The quantitative estimate of drug-likeness (QED) is 0.148. The van der Waals surface area contributed by atoms with Crippen LogP contribution in [0.4, 0.5) is 17.1 Å². The Bertz CT molecular complexity index is 3900. The average molecular weight is 871 g/mol. The van der Waals surface area contributed by atoms with E-state index in [-0.39, 0.29) is 0 Å². The topological polar surface area (TPSA) is 8.17 Å². The second-order valence-corrected chi connectivity index (χ2v) is 18.3. The summed E-state index contributed by atoms with van der Waals surface area (Å²) in [6.07, 6.45) is 0. The Labute approximate surface area is 393 Å². The lowest BCUT2D eigenvalue weighted by Crippen LogP contribution is -2.11. The van der Waals surface area contributed by atoms with Crippen LogP contribution in [0.3, 0.4) is 0 Å². The first-order valence-corrected chi connectivity index (χ1v) is 23.7. The largest absolute Gasteiger partial charge is 0.310 e. The molecule has 3 heteroatoms. The number of nitrogens with zero attached hydrogens (tertiary/aromatic N) is 2. The Kier molecular flexibility index (Phi) is 9.40. The van der Waals surface area contributed by atoms with Gasteiger partial charge in [0.05, 0.1) is 22.4 Å². The lowest BCUT2D eigenvalue weighted by atomic mass is 9.96. The summed E-state index contributed by atoms with van der Waals surface area (Å²) in [5.74, 6) is 0. The SMILES string of the molecule is c1ccc(-c2ccc(N(c3ccc(-c4ccc5c(c4)sc4c6ccccc6ccc54)cc3)c3ccc(-c4ccccc4-n4c5ccccc5c5ccccc54)cc3)c(-c3ccccc3)c2)cc1. The van der Waals surface area contributed by atoms with E-state index in [1.54, 1.807) is 0 Å². The zero-order valence-electron chi connectivity index (χ0n) is 36.6. The van der Waals surface area contributed by atoms with Crippen LogP contribution in [0.5, 0.6) is 0 Å². The number of hydrogen-bond donors (Lipinski definition) is 0. The van der Waals surface area contributed by atoms with E-state index in [2.05, 4.69) is 264 Å². The summed E-state index contributed by atoms with van der Waals surface area (Å²) in [7, 11) is 0. The summed E-state index contributed by atoms with van der Waals surface area (Å²) < 4.78 is 5.08. The van der Waals surface area contributed by atoms with Crippen LogP contribution in [0.15, 0.2) is 255 Å². The van der Waals surface area contributed by atoms with E-state index in [9.17, 15) is 0 Å². The third-order valence-electron chi connectivity index (χ3n) is 13.4. The number of benzene rings is 11. The molecule has 2 aromatic heterocycles. The minimum Gasteiger partial charge on any atom is -0.310 e. The fourth-order valence-electron chi connectivity index (χ4n) is 10.2. The van der Waals surface area contributed by atoms with Gasteiger partial charge in [-0.05, 0) is 105 Å². The third kappa shape index (κ3) is 6.71. The summed E-state index contributed by atoms with van der Waals surface area (Å²) in [6, 6.07) is 93.1. The molecule has 0 radical (unpaired) electrons. The fourth-order valence-corrected chi connectivity index (χ4v) is 11.5. The smallest absolute Gasteiger partial charge is 0.0541 e. The molecule has 0 fully saturated rings. The molecule has 0 N–H and O–H groups in total. The van der Waals surface area contributed by atoms with Gasteiger partial charge in [0.2, 0.25) is 0 Å². The second kappa shape index (κ2) is 16.2. The van der Waals surface area contributed by atoms with E-state index in [1.807, 2.05) is 11.3 Å². The van der Waals surface area contributed by atoms with Crippen molar-refractivity contribution in [1.29, 1.82) is 0 Å². The van der Waals surface area contributed by atoms with E-state index < -0.39 is 0 Å². The van der Waals surface area contributed by atoms with Gasteiger partial charge in [-0.3, -0.25) is 0 Å². The highest BCUT2D eigenvalue weighted by Crippen LogP contribution is 2.45. The van der Waals surface area contributed by atoms with Crippen LogP contribution in [0.2, 0.25) is 0 Å². The molecular formula is C64H42N2S. The van der Waals surface area contributed by atoms with Crippen LogP contribution in [-0.2, 0) is 0 Å². The minimum atomic E-state index is 1.08. The predicted molar refractivity (Wildman–Crippen MR) is 288 cm³/mol. The molecule has 0 unspecified atom stereocenters. The van der Waals surface area contributed by atoms with Crippen molar-refractivity contribution in [3.05, 3.63) is 255 Å². The molecule has 0 spiro atoms. The molecule has 11 aromatic carbocycles. The average Bonchev–Trinajstić information content (AvgIpc) is 3.96. The Balaban J connectivity index is 0.940. The van der Waals surface area contributed by atoms with Gasteiger partial charge >= 0.3 is 0 Å². The molecule has 67 heavy (non-hydrogen) atoms. The Morgan fingerprint density at radius 3 is 1.54 bits per heavy atom. The molecule has 314 valence electrons. The van der Waals surface area contributed by atoms with Crippen LogP contribution in [-0.4, -0.2) is 4.57 Å². The van der Waals surface area contributed by atoms with Gasteiger partial charge in [-0.15, -0.1) is 11.3 Å². The Hall–Kier alpha value is -8.50.